The number of halogens is 2. The zero-order chi connectivity index (χ0) is 17.8. The van der Waals surface area contributed by atoms with Crippen LogP contribution in [0.15, 0.2) is 0 Å². The predicted octanol–water partition coefficient (Wildman–Crippen LogP) is 1.42. The zero-order valence-corrected chi connectivity index (χ0v) is 14.6. The monoisotopic (exact) mass is 404 g/mol. The quantitative estimate of drug-likeness (QED) is 0.552. The summed E-state index contributed by atoms with van der Waals surface area (Å²) in [6.45, 7) is 0.363. The molecule has 3 aliphatic rings. The molecule has 7 nitrogen and oxygen atoms in total. The van der Waals surface area contributed by atoms with Crippen molar-refractivity contribution in [1.29, 1.82) is 0 Å². The Morgan fingerprint density at radius 3 is 2.50 bits per heavy atom. The average molecular weight is 404 g/mol. The maximum Gasteiger partial charge on any atom is 0.465 e. The summed E-state index contributed by atoms with van der Waals surface area (Å²) in [7, 11) is -5.86. The van der Waals surface area contributed by atoms with Gasteiger partial charge in [-0.2, -0.15) is 17.2 Å². The van der Waals surface area contributed by atoms with Crippen molar-refractivity contribution >= 4 is 45.6 Å². The minimum atomic E-state index is -5.86. The van der Waals surface area contributed by atoms with Gasteiger partial charge in [-0.3, -0.25) is 9.35 Å². The van der Waals surface area contributed by atoms with Crippen LogP contribution in [0.3, 0.4) is 0 Å². The average Bonchev–Trinajstić information content (AvgIpc) is 3.00. The lowest BCUT2D eigenvalue weighted by Crippen LogP contribution is -2.42. The molecule has 0 aromatic heterocycles. The number of hydrogen-bond acceptors (Lipinski definition) is 8. The molecule has 3 rings (SSSR count). The summed E-state index contributed by atoms with van der Waals surface area (Å²) in [5.74, 6) is -2.51. The highest BCUT2D eigenvalue weighted by Gasteiger charge is 2.57. The third-order valence-electron chi connectivity index (χ3n) is 4.20. The van der Waals surface area contributed by atoms with Gasteiger partial charge in [0.1, 0.15) is 18.0 Å². The van der Waals surface area contributed by atoms with Gasteiger partial charge < -0.3 is 9.47 Å². The molecule has 24 heavy (non-hydrogen) atoms. The Morgan fingerprint density at radius 2 is 1.96 bits per heavy atom. The van der Waals surface area contributed by atoms with E-state index in [0.717, 1.165) is 0 Å². The molecule has 0 amide bonds. The van der Waals surface area contributed by atoms with E-state index in [4.69, 9.17) is 9.29 Å². The number of carbonyl (C=O) groups excluding carboxylic acids is 2. The molecule has 2 aliphatic heterocycles. The van der Waals surface area contributed by atoms with Crippen LogP contribution in [0.5, 0.6) is 0 Å². The first-order chi connectivity index (χ1) is 11.0. The molecule has 136 valence electrons. The minimum Gasteiger partial charge on any atom is -0.464 e. The number of carbonyl (C=O) groups is 2. The van der Waals surface area contributed by atoms with Crippen LogP contribution in [-0.4, -0.2) is 57.5 Å². The molecule has 3 fully saturated rings. The molecule has 1 N–H and O–H groups in total. The molecule has 2 saturated heterocycles. The largest absolute Gasteiger partial charge is 0.465 e. The SMILES string of the molecule is O=C1OCC2SC3(CCC(OC(=O)C(F)(F)S(=O)(=O)O)CC3)SC12. The van der Waals surface area contributed by atoms with E-state index < -0.39 is 27.4 Å². The van der Waals surface area contributed by atoms with Crippen LogP contribution in [-0.2, 0) is 29.2 Å². The van der Waals surface area contributed by atoms with Crippen LogP contribution < -0.4 is 0 Å². The number of cyclic esters (lactones) is 1. The molecule has 0 bridgehead atoms. The lowest BCUT2D eigenvalue weighted by atomic mass is 9.96. The summed E-state index contributed by atoms with van der Waals surface area (Å²) in [6, 6.07) is 0. The molecule has 1 saturated carbocycles. The normalized spacial score (nSPS) is 36.5. The van der Waals surface area contributed by atoms with E-state index >= 15 is 0 Å². The molecule has 1 spiro atoms. The van der Waals surface area contributed by atoms with Crippen LogP contribution >= 0.6 is 23.5 Å². The van der Waals surface area contributed by atoms with E-state index in [9.17, 15) is 26.8 Å². The third-order valence-corrected chi connectivity index (χ3v) is 8.92. The van der Waals surface area contributed by atoms with Gasteiger partial charge in [0.2, 0.25) is 0 Å². The summed E-state index contributed by atoms with van der Waals surface area (Å²) in [6.07, 6.45) is 0.795. The number of thioether (sulfide) groups is 2. The zero-order valence-electron chi connectivity index (χ0n) is 12.1. The van der Waals surface area contributed by atoms with E-state index in [-0.39, 0.29) is 33.4 Å². The van der Waals surface area contributed by atoms with E-state index in [1.165, 1.54) is 11.8 Å². The predicted molar refractivity (Wildman–Crippen MR) is 81.3 cm³/mol. The van der Waals surface area contributed by atoms with Gasteiger partial charge >= 0.3 is 27.3 Å². The number of ether oxygens (including phenoxy) is 2. The maximum absolute atomic E-state index is 13.2. The van der Waals surface area contributed by atoms with E-state index in [2.05, 4.69) is 4.74 Å². The van der Waals surface area contributed by atoms with Crippen LogP contribution in [0.4, 0.5) is 8.78 Å². The van der Waals surface area contributed by atoms with Crippen molar-refractivity contribution in [2.75, 3.05) is 6.61 Å². The molecule has 2 atom stereocenters. The molecule has 2 heterocycles. The highest BCUT2D eigenvalue weighted by atomic mass is 32.2. The number of fused-ring (bicyclic) bond motifs is 1. The van der Waals surface area contributed by atoms with Gasteiger partial charge in [-0.15, -0.1) is 23.5 Å². The van der Waals surface area contributed by atoms with Crippen LogP contribution in [0, 0.1) is 0 Å². The Balaban J connectivity index is 1.57. The first-order valence-corrected chi connectivity index (χ1v) is 10.3. The molecular weight excluding hydrogens is 390 g/mol. The number of esters is 2. The van der Waals surface area contributed by atoms with Crippen molar-refractivity contribution < 1.29 is 40.8 Å². The summed E-state index contributed by atoms with van der Waals surface area (Å²) in [4.78, 5) is 22.9. The molecule has 0 radical (unpaired) electrons. The minimum absolute atomic E-state index is 0.0745. The maximum atomic E-state index is 13.2. The van der Waals surface area contributed by atoms with Gasteiger partial charge in [-0.1, -0.05) is 0 Å². The van der Waals surface area contributed by atoms with Gasteiger partial charge in [0.15, 0.2) is 0 Å². The van der Waals surface area contributed by atoms with Gasteiger partial charge in [-0.25, -0.2) is 4.79 Å². The van der Waals surface area contributed by atoms with Crippen LogP contribution in [0.1, 0.15) is 25.7 Å². The Hall–Kier alpha value is -0.590. The van der Waals surface area contributed by atoms with E-state index in [0.29, 0.717) is 19.4 Å². The van der Waals surface area contributed by atoms with Gasteiger partial charge in [0.05, 0.1) is 9.33 Å². The van der Waals surface area contributed by atoms with Crippen molar-refractivity contribution in [3.05, 3.63) is 0 Å². The Kier molecular flexibility index (Phi) is 4.54. The van der Waals surface area contributed by atoms with Gasteiger partial charge in [0, 0.05) is 0 Å². The van der Waals surface area contributed by atoms with Crippen LogP contribution in [0.2, 0.25) is 0 Å². The van der Waals surface area contributed by atoms with Crippen molar-refractivity contribution in [1.82, 2.24) is 0 Å². The summed E-state index contributed by atoms with van der Waals surface area (Å²) >= 11 is 3.14. The molecular formula is C12H14F2O7S3. The second-order valence-corrected chi connectivity index (χ2v) is 10.7. The first-order valence-electron chi connectivity index (χ1n) is 7.12. The fourth-order valence-electron chi connectivity index (χ4n) is 2.95. The highest BCUT2D eigenvalue weighted by Crippen LogP contribution is 2.60. The van der Waals surface area contributed by atoms with Crippen molar-refractivity contribution in [3.8, 4) is 0 Å². The Labute approximate surface area is 144 Å². The fraction of sp³-hybridized carbons (Fsp3) is 0.833. The van der Waals surface area contributed by atoms with Gasteiger partial charge in [0.25, 0.3) is 0 Å². The molecule has 2 unspecified atom stereocenters. The lowest BCUT2D eigenvalue weighted by Gasteiger charge is -2.36. The first kappa shape index (κ1) is 18.2. The molecule has 12 heteroatoms. The van der Waals surface area contributed by atoms with Gasteiger partial charge in [-0.05, 0) is 25.7 Å². The lowest BCUT2D eigenvalue weighted by molar-refractivity contribution is -0.168. The molecule has 1 aliphatic carbocycles. The van der Waals surface area contributed by atoms with Crippen LogP contribution in [0.25, 0.3) is 0 Å². The topological polar surface area (TPSA) is 107 Å². The highest BCUT2D eigenvalue weighted by molar-refractivity contribution is 8.22. The van der Waals surface area contributed by atoms with Crippen molar-refractivity contribution in [2.24, 2.45) is 0 Å². The standard InChI is InChI=1S/C12H14F2O7S3/c13-12(14,24(17,18)19)10(16)21-6-1-3-11(4-2-6)22-7-5-20-9(15)8(7)23-11/h6-8H,1-5H2,(H,17,18,19). The van der Waals surface area contributed by atoms with Crippen molar-refractivity contribution in [2.45, 2.75) is 51.6 Å². The summed E-state index contributed by atoms with van der Waals surface area (Å²) in [5.41, 5.74) is 0. The number of rotatable bonds is 3. The fourth-order valence-corrected chi connectivity index (χ4v) is 7.17. The summed E-state index contributed by atoms with van der Waals surface area (Å²) in [5, 5.41) is -5.12. The number of alkyl halides is 2. The van der Waals surface area contributed by atoms with E-state index in [1.807, 2.05) is 0 Å². The molecule has 0 aromatic rings. The summed E-state index contributed by atoms with van der Waals surface area (Å²) < 4.78 is 65.2. The number of hydrogen-bond donors (Lipinski definition) is 1. The Bertz CT molecular complexity index is 658. The van der Waals surface area contributed by atoms with E-state index in [1.54, 1.807) is 11.8 Å². The second kappa shape index (κ2) is 5.99. The molecule has 0 aromatic carbocycles. The third kappa shape index (κ3) is 3.13. The Morgan fingerprint density at radius 1 is 1.33 bits per heavy atom. The smallest absolute Gasteiger partial charge is 0.464 e. The second-order valence-electron chi connectivity index (χ2n) is 5.83. The van der Waals surface area contributed by atoms with Crippen molar-refractivity contribution in [3.63, 3.8) is 0 Å².